The second-order valence-corrected chi connectivity index (χ2v) is 7.49. The molecule has 4 rings (SSSR count). The van der Waals surface area contributed by atoms with Crippen LogP contribution in [-0.2, 0) is 13.0 Å². The molecule has 1 aliphatic rings. The van der Waals surface area contributed by atoms with E-state index in [1.165, 1.54) is 16.1 Å². The topological polar surface area (TPSA) is 32.3 Å². The van der Waals surface area contributed by atoms with Crippen LogP contribution >= 0.6 is 22.9 Å². The van der Waals surface area contributed by atoms with Gasteiger partial charge in [-0.2, -0.15) is 0 Å². The van der Waals surface area contributed by atoms with Gasteiger partial charge < -0.3 is 10.2 Å². The highest BCUT2D eigenvalue weighted by molar-refractivity contribution is 7.10. The van der Waals surface area contributed by atoms with E-state index in [9.17, 15) is 4.79 Å². The van der Waals surface area contributed by atoms with Crippen LogP contribution in [0.1, 0.15) is 20.8 Å². The Morgan fingerprint density at radius 1 is 1.04 bits per heavy atom. The number of fused-ring (bicyclic) bond motifs is 1. The molecule has 126 valence electrons. The van der Waals surface area contributed by atoms with Crippen LogP contribution in [0.5, 0.6) is 0 Å². The van der Waals surface area contributed by atoms with E-state index in [4.69, 9.17) is 11.6 Å². The molecule has 5 heteroatoms. The molecule has 0 saturated heterocycles. The molecule has 1 amide bonds. The van der Waals surface area contributed by atoms with Gasteiger partial charge in [0, 0.05) is 39.9 Å². The van der Waals surface area contributed by atoms with Crippen molar-refractivity contribution in [1.82, 2.24) is 0 Å². The number of anilines is 2. The Morgan fingerprint density at radius 2 is 1.80 bits per heavy atom. The Morgan fingerprint density at radius 3 is 2.56 bits per heavy atom. The van der Waals surface area contributed by atoms with Crippen LogP contribution in [0.2, 0.25) is 5.02 Å². The molecule has 3 aromatic rings. The van der Waals surface area contributed by atoms with Gasteiger partial charge in [0.25, 0.3) is 5.91 Å². The highest BCUT2D eigenvalue weighted by atomic mass is 35.5. The van der Waals surface area contributed by atoms with Crippen LogP contribution in [-0.4, -0.2) is 12.5 Å². The minimum atomic E-state index is -0.134. The van der Waals surface area contributed by atoms with Crippen molar-refractivity contribution in [2.75, 3.05) is 16.8 Å². The molecule has 2 heterocycles. The summed E-state index contributed by atoms with van der Waals surface area (Å²) < 4.78 is 0. The third-order valence-electron chi connectivity index (χ3n) is 4.40. The highest BCUT2D eigenvalue weighted by Crippen LogP contribution is 2.28. The normalized spacial score (nSPS) is 13.4. The Kier molecular flexibility index (Phi) is 4.47. The Bertz CT molecular complexity index is 887. The number of amides is 1. The molecule has 25 heavy (non-hydrogen) atoms. The Balaban J connectivity index is 1.44. The monoisotopic (exact) mass is 368 g/mol. The Hall–Kier alpha value is -2.30. The second kappa shape index (κ2) is 6.90. The number of benzene rings is 2. The molecule has 1 aliphatic heterocycles. The highest BCUT2D eigenvalue weighted by Gasteiger charge is 2.17. The summed E-state index contributed by atoms with van der Waals surface area (Å²) in [7, 11) is 0. The van der Waals surface area contributed by atoms with Crippen molar-refractivity contribution in [3.05, 3.63) is 81.0 Å². The lowest BCUT2D eigenvalue weighted by Gasteiger charge is -2.29. The van der Waals surface area contributed by atoms with E-state index in [-0.39, 0.29) is 5.91 Å². The summed E-state index contributed by atoms with van der Waals surface area (Å²) in [4.78, 5) is 16.1. The van der Waals surface area contributed by atoms with Crippen LogP contribution in [0.15, 0.2) is 60.0 Å². The summed E-state index contributed by atoms with van der Waals surface area (Å²) in [5, 5.41) is 5.71. The number of rotatable bonds is 3. The third-order valence-corrected chi connectivity index (χ3v) is 5.68. The molecule has 1 N–H and O–H groups in total. The van der Waals surface area contributed by atoms with E-state index in [0.717, 1.165) is 25.2 Å². The average molecular weight is 369 g/mol. The average Bonchev–Trinajstić information content (AvgIpc) is 3.10. The van der Waals surface area contributed by atoms with E-state index < -0.39 is 0 Å². The SMILES string of the molecule is O=C(Nc1ccc(N2CCc3sccc3C2)cc1)c1ccc(Cl)cc1. The molecule has 0 radical (unpaired) electrons. The first-order chi connectivity index (χ1) is 12.2. The zero-order valence-electron chi connectivity index (χ0n) is 13.5. The van der Waals surface area contributed by atoms with Crippen molar-refractivity contribution < 1.29 is 4.79 Å². The van der Waals surface area contributed by atoms with Crippen LogP contribution in [0.3, 0.4) is 0 Å². The summed E-state index contributed by atoms with van der Waals surface area (Å²) in [6.45, 7) is 1.99. The number of hydrogen-bond donors (Lipinski definition) is 1. The second-order valence-electron chi connectivity index (χ2n) is 6.05. The fraction of sp³-hybridized carbons (Fsp3) is 0.150. The molecular weight excluding hydrogens is 352 g/mol. The number of thiophene rings is 1. The maximum absolute atomic E-state index is 12.3. The zero-order valence-corrected chi connectivity index (χ0v) is 15.1. The molecule has 0 atom stereocenters. The number of nitrogens with one attached hydrogen (secondary N) is 1. The summed E-state index contributed by atoms with van der Waals surface area (Å²) in [5.41, 5.74) is 3.99. The molecule has 0 spiro atoms. The molecule has 2 aromatic carbocycles. The third kappa shape index (κ3) is 3.55. The first-order valence-electron chi connectivity index (χ1n) is 8.16. The lowest BCUT2D eigenvalue weighted by molar-refractivity contribution is 0.102. The zero-order chi connectivity index (χ0) is 17.2. The van der Waals surface area contributed by atoms with Gasteiger partial charge in [-0.15, -0.1) is 11.3 Å². The van der Waals surface area contributed by atoms with E-state index >= 15 is 0 Å². The molecule has 0 saturated carbocycles. The minimum Gasteiger partial charge on any atom is -0.367 e. The molecule has 0 unspecified atom stereocenters. The van der Waals surface area contributed by atoms with Crippen molar-refractivity contribution in [3.63, 3.8) is 0 Å². The molecule has 0 aliphatic carbocycles. The van der Waals surface area contributed by atoms with Crippen LogP contribution in [0.25, 0.3) is 0 Å². The molecule has 1 aromatic heterocycles. The molecule has 0 bridgehead atoms. The minimum absolute atomic E-state index is 0.134. The maximum atomic E-state index is 12.3. The molecule has 3 nitrogen and oxygen atoms in total. The van der Waals surface area contributed by atoms with Crippen LogP contribution in [0, 0.1) is 0 Å². The number of hydrogen-bond acceptors (Lipinski definition) is 3. The van der Waals surface area contributed by atoms with Gasteiger partial charge in [-0.05, 0) is 72.0 Å². The number of carbonyl (C=O) groups is 1. The van der Waals surface area contributed by atoms with Gasteiger partial charge in [0.15, 0.2) is 0 Å². The predicted molar refractivity (Wildman–Crippen MR) is 105 cm³/mol. The fourth-order valence-corrected chi connectivity index (χ4v) is 4.04. The van der Waals surface area contributed by atoms with Gasteiger partial charge in [-0.25, -0.2) is 0 Å². The van der Waals surface area contributed by atoms with E-state index in [1.807, 2.05) is 23.5 Å². The number of halogens is 1. The van der Waals surface area contributed by atoms with Crippen molar-refractivity contribution >= 4 is 40.2 Å². The maximum Gasteiger partial charge on any atom is 0.255 e. The van der Waals surface area contributed by atoms with Gasteiger partial charge in [-0.1, -0.05) is 11.6 Å². The first kappa shape index (κ1) is 16.2. The van der Waals surface area contributed by atoms with Crippen molar-refractivity contribution in [1.29, 1.82) is 0 Å². The van der Waals surface area contributed by atoms with Gasteiger partial charge in [-0.3, -0.25) is 4.79 Å². The standard InChI is InChI=1S/C20H17ClN2OS/c21-16-3-1-14(2-4-16)20(24)22-17-5-7-18(8-6-17)23-11-9-19-15(13-23)10-12-25-19/h1-8,10,12H,9,11,13H2,(H,22,24). The lowest BCUT2D eigenvalue weighted by Crippen LogP contribution is -2.29. The number of nitrogens with zero attached hydrogens (tertiary/aromatic N) is 1. The summed E-state index contributed by atoms with van der Waals surface area (Å²) in [6.07, 6.45) is 1.10. The molecule has 0 fully saturated rings. The van der Waals surface area contributed by atoms with E-state index in [2.05, 4.69) is 33.8 Å². The molecular formula is C20H17ClN2OS. The van der Waals surface area contributed by atoms with Crippen molar-refractivity contribution in [2.45, 2.75) is 13.0 Å². The quantitative estimate of drug-likeness (QED) is 0.687. The first-order valence-corrected chi connectivity index (χ1v) is 9.42. The number of carbonyl (C=O) groups excluding carboxylic acids is 1. The summed E-state index contributed by atoms with van der Waals surface area (Å²) in [6, 6.07) is 17.1. The summed E-state index contributed by atoms with van der Waals surface area (Å²) >= 11 is 7.70. The summed E-state index contributed by atoms with van der Waals surface area (Å²) in [5.74, 6) is -0.134. The van der Waals surface area contributed by atoms with Crippen LogP contribution in [0.4, 0.5) is 11.4 Å². The van der Waals surface area contributed by atoms with Gasteiger partial charge in [0.1, 0.15) is 0 Å². The van der Waals surface area contributed by atoms with Gasteiger partial charge in [0.05, 0.1) is 0 Å². The largest absolute Gasteiger partial charge is 0.367 e. The predicted octanol–water partition coefficient (Wildman–Crippen LogP) is 5.22. The van der Waals surface area contributed by atoms with E-state index in [1.54, 1.807) is 24.3 Å². The van der Waals surface area contributed by atoms with Crippen LogP contribution < -0.4 is 10.2 Å². The van der Waals surface area contributed by atoms with Gasteiger partial charge >= 0.3 is 0 Å². The fourth-order valence-electron chi connectivity index (χ4n) is 3.03. The van der Waals surface area contributed by atoms with Crippen molar-refractivity contribution in [3.8, 4) is 0 Å². The van der Waals surface area contributed by atoms with Crippen molar-refractivity contribution in [2.24, 2.45) is 0 Å². The van der Waals surface area contributed by atoms with E-state index in [0.29, 0.717) is 10.6 Å². The smallest absolute Gasteiger partial charge is 0.255 e. The Labute approximate surface area is 155 Å². The van der Waals surface area contributed by atoms with Gasteiger partial charge in [0.2, 0.25) is 0 Å². The lowest BCUT2D eigenvalue weighted by atomic mass is 10.1.